The number of methoxy groups -OCH3 is 1. The van der Waals surface area contributed by atoms with Crippen molar-refractivity contribution in [3.05, 3.63) is 59.7 Å². The summed E-state index contributed by atoms with van der Waals surface area (Å²) in [7, 11) is 1.67. The van der Waals surface area contributed by atoms with E-state index in [4.69, 9.17) is 9.47 Å². The molecule has 1 heterocycles. The van der Waals surface area contributed by atoms with Crippen LogP contribution in [0.3, 0.4) is 0 Å². The van der Waals surface area contributed by atoms with E-state index in [1.807, 2.05) is 31.2 Å². The Labute approximate surface area is 161 Å². The van der Waals surface area contributed by atoms with Gasteiger partial charge in [0.2, 0.25) is 0 Å². The predicted molar refractivity (Wildman–Crippen MR) is 106 cm³/mol. The maximum atomic E-state index is 12.6. The second-order valence-corrected chi connectivity index (χ2v) is 6.70. The Morgan fingerprint density at radius 1 is 1.04 bits per heavy atom. The van der Waals surface area contributed by atoms with Crippen LogP contribution in [0.5, 0.6) is 11.5 Å². The van der Waals surface area contributed by atoms with Crippen LogP contribution in [0.1, 0.15) is 41.7 Å². The number of ether oxygens (including phenoxy) is 2. The van der Waals surface area contributed by atoms with Crippen LogP contribution in [0.4, 0.5) is 0 Å². The highest BCUT2D eigenvalue weighted by Crippen LogP contribution is 2.26. The Bertz CT molecular complexity index is 722. The van der Waals surface area contributed by atoms with Crippen LogP contribution < -0.4 is 14.8 Å². The molecule has 1 N–H and O–H groups in total. The molecule has 1 aliphatic rings. The van der Waals surface area contributed by atoms with Gasteiger partial charge in [-0.05, 0) is 74.8 Å². The lowest BCUT2D eigenvalue weighted by molar-refractivity contribution is 0.0938. The average Bonchev–Trinajstić information content (AvgIpc) is 3.24. The molecular weight excluding hydrogens is 340 g/mol. The Balaban J connectivity index is 1.67. The first kappa shape index (κ1) is 19.2. The maximum absolute atomic E-state index is 12.6. The van der Waals surface area contributed by atoms with Crippen molar-refractivity contribution < 1.29 is 14.3 Å². The summed E-state index contributed by atoms with van der Waals surface area (Å²) in [5.74, 6) is 1.57. The second-order valence-electron chi connectivity index (χ2n) is 6.70. The molecule has 144 valence electrons. The zero-order valence-electron chi connectivity index (χ0n) is 16.1. The van der Waals surface area contributed by atoms with Gasteiger partial charge in [0.1, 0.15) is 11.5 Å². The summed E-state index contributed by atoms with van der Waals surface area (Å²) < 4.78 is 10.7. The highest BCUT2D eigenvalue weighted by molar-refractivity contribution is 5.94. The third kappa shape index (κ3) is 5.01. The molecule has 2 aromatic rings. The summed E-state index contributed by atoms with van der Waals surface area (Å²) in [6, 6.07) is 15.6. The number of carbonyl (C=O) groups is 1. The molecule has 0 saturated carbocycles. The van der Waals surface area contributed by atoms with Crippen molar-refractivity contribution in [3.63, 3.8) is 0 Å². The van der Waals surface area contributed by atoms with E-state index in [9.17, 15) is 4.79 Å². The fourth-order valence-corrected chi connectivity index (χ4v) is 3.50. The smallest absolute Gasteiger partial charge is 0.251 e. The van der Waals surface area contributed by atoms with E-state index in [-0.39, 0.29) is 11.9 Å². The molecule has 3 rings (SSSR count). The van der Waals surface area contributed by atoms with Gasteiger partial charge in [-0.15, -0.1) is 0 Å². The Morgan fingerprint density at radius 3 is 2.26 bits per heavy atom. The largest absolute Gasteiger partial charge is 0.497 e. The third-order valence-electron chi connectivity index (χ3n) is 4.97. The number of nitrogens with zero attached hydrogens (tertiary/aromatic N) is 1. The maximum Gasteiger partial charge on any atom is 0.251 e. The molecule has 1 aliphatic heterocycles. The Hall–Kier alpha value is -2.53. The van der Waals surface area contributed by atoms with Gasteiger partial charge in [-0.1, -0.05) is 12.1 Å². The minimum atomic E-state index is -0.0595. The zero-order valence-corrected chi connectivity index (χ0v) is 16.1. The number of hydrogen-bond donors (Lipinski definition) is 1. The minimum Gasteiger partial charge on any atom is -0.497 e. The van der Waals surface area contributed by atoms with Crippen LogP contribution in [0, 0.1) is 0 Å². The van der Waals surface area contributed by atoms with Crippen molar-refractivity contribution in [2.24, 2.45) is 0 Å². The van der Waals surface area contributed by atoms with Crippen molar-refractivity contribution >= 4 is 5.91 Å². The van der Waals surface area contributed by atoms with Crippen LogP contribution >= 0.6 is 0 Å². The van der Waals surface area contributed by atoms with Crippen LogP contribution in [-0.4, -0.2) is 44.2 Å². The first-order valence-electron chi connectivity index (χ1n) is 9.60. The topological polar surface area (TPSA) is 50.8 Å². The lowest BCUT2D eigenvalue weighted by Crippen LogP contribution is -2.36. The summed E-state index contributed by atoms with van der Waals surface area (Å²) in [6.07, 6.45) is 2.42. The van der Waals surface area contributed by atoms with Crippen molar-refractivity contribution in [1.29, 1.82) is 0 Å². The summed E-state index contributed by atoms with van der Waals surface area (Å²) in [5, 5.41) is 3.10. The van der Waals surface area contributed by atoms with E-state index in [0.717, 1.165) is 24.6 Å². The van der Waals surface area contributed by atoms with Gasteiger partial charge in [-0.3, -0.25) is 9.69 Å². The van der Waals surface area contributed by atoms with Crippen molar-refractivity contribution in [3.8, 4) is 11.5 Å². The normalized spacial score (nSPS) is 15.3. The van der Waals surface area contributed by atoms with E-state index in [0.29, 0.717) is 18.7 Å². The van der Waals surface area contributed by atoms with Gasteiger partial charge in [0.05, 0.1) is 19.8 Å². The van der Waals surface area contributed by atoms with Crippen LogP contribution in [0.2, 0.25) is 0 Å². The summed E-state index contributed by atoms with van der Waals surface area (Å²) in [6.45, 7) is 5.27. The molecule has 0 bridgehead atoms. The van der Waals surface area contributed by atoms with Gasteiger partial charge in [0.15, 0.2) is 0 Å². The summed E-state index contributed by atoms with van der Waals surface area (Å²) in [5.41, 5.74) is 1.85. The van der Waals surface area contributed by atoms with E-state index < -0.39 is 0 Å². The molecule has 0 radical (unpaired) electrons. The number of nitrogens with one attached hydrogen (secondary N) is 1. The lowest BCUT2D eigenvalue weighted by atomic mass is 10.0. The van der Waals surface area contributed by atoms with Crippen molar-refractivity contribution in [2.75, 3.05) is 33.4 Å². The fourth-order valence-electron chi connectivity index (χ4n) is 3.50. The van der Waals surface area contributed by atoms with Gasteiger partial charge in [-0.2, -0.15) is 0 Å². The zero-order chi connectivity index (χ0) is 19.1. The van der Waals surface area contributed by atoms with Crippen LogP contribution in [0.25, 0.3) is 0 Å². The number of likely N-dealkylation sites (tertiary alicyclic amines) is 1. The molecule has 0 spiro atoms. The lowest BCUT2D eigenvalue weighted by Gasteiger charge is -2.28. The van der Waals surface area contributed by atoms with Gasteiger partial charge in [-0.25, -0.2) is 0 Å². The van der Waals surface area contributed by atoms with Gasteiger partial charge in [0.25, 0.3) is 5.91 Å². The Kier molecular flexibility index (Phi) is 6.71. The molecule has 1 saturated heterocycles. The highest BCUT2D eigenvalue weighted by Gasteiger charge is 2.24. The van der Waals surface area contributed by atoms with E-state index >= 15 is 0 Å². The predicted octanol–water partition coefficient (Wildman–Crippen LogP) is 3.66. The monoisotopic (exact) mass is 368 g/mol. The van der Waals surface area contributed by atoms with E-state index in [1.54, 1.807) is 19.2 Å². The quantitative estimate of drug-likeness (QED) is 0.773. The Morgan fingerprint density at radius 2 is 1.67 bits per heavy atom. The molecule has 27 heavy (non-hydrogen) atoms. The molecule has 0 unspecified atom stereocenters. The number of rotatable bonds is 8. The van der Waals surface area contributed by atoms with Crippen LogP contribution in [0.15, 0.2) is 48.5 Å². The molecule has 1 amide bonds. The molecule has 1 fully saturated rings. The summed E-state index contributed by atoms with van der Waals surface area (Å²) in [4.78, 5) is 15.0. The summed E-state index contributed by atoms with van der Waals surface area (Å²) >= 11 is 0. The van der Waals surface area contributed by atoms with Gasteiger partial charge < -0.3 is 14.8 Å². The highest BCUT2D eigenvalue weighted by atomic mass is 16.5. The molecule has 2 aromatic carbocycles. The van der Waals surface area contributed by atoms with Gasteiger partial charge in [0, 0.05) is 12.1 Å². The standard InChI is InChI=1S/C22H28N2O3/c1-3-27-20-12-8-18(9-13-20)22(25)23-16-21(24-14-4-5-15-24)17-6-10-19(26-2)11-7-17/h6-13,21H,3-5,14-16H2,1-2H3,(H,23,25)/t21-/m0/s1. The third-order valence-corrected chi connectivity index (χ3v) is 4.97. The fraction of sp³-hybridized carbons (Fsp3) is 0.409. The first-order valence-corrected chi connectivity index (χ1v) is 9.60. The molecule has 0 aromatic heterocycles. The first-order chi connectivity index (χ1) is 13.2. The molecule has 1 atom stereocenters. The molecular formula is C22H28N2O3. The number of amides is 1. The minimum absolute atomic E-state index is 0.0595. The number of hydrogen-bond acceptors (Lipinski definition) is 4. The van der Waals surface area contributed by atoms with E-state index in [2.05, 4.69) is 22.3 Å². The van der Waals surface area contributed by atoms with Crippen LogP contribution in [-0.2, 0) is 0 Å². The second kappa shape index (κ2) is 9.42. The van der Waals surface area contributed by atoms with Crippen molar-refractivity contribution in [2.45, 2.75) is 25.8 Å². The SMILES string of the molecule is CCOc1ccc(C(=O)NC[C@@H](c2ccc(OC)cc2)N2CCCC2)cc1. The van der Waals surface area contributed by atoms with E-state index in [1.165, 1.54) is 18.4 Å². The number of benzene rings is 2. The number of carbonyl (C=O) groups excluding carboxylic acids is 1. The average molecular weight is 368 g/mol. The van der Waals surface area contributed by atoms with Crippen molar-refractivity contribution in [1.82, 2.24) is 10.2 Å². The van der Waals surface area contributed by atoms with Gasteiger partial charge >= 0.3 is 0 Å². The molecule has 0 aliphatic carbocycles. The molecule has 5 heteroatoms. The molecule has 5 nitrogen and oxygen atoms in total.